The molecule has 0 unspecified atom stereocenters. The van der Waals surface area contributed by atoms with E-state index in [4.69, 9.17) is 4.74 Å². The third kappa shape index (κ3) is 5.55. The van der Waals surface area contributed by atoms with Crippen LogP contribution >= 0.6 is 11.8 Å². The minimum atomic E-state index is -4.38. The largest absolute Gasteiger partial charge is 0.468 e. The van der Waals surface area contributed by atoms with E-state index in [1.165, 1.54) is 37.1 Å². The molecule has 0 aromatic heterocycles. The summed E-state index contributed by atoms with van der Waals surface area (Å²) >= 11 is 1.46. The lowest BCUT2D eigenvalue weighted by atomic mass is 10.2. The fraction of sp³-hybridized carbons (Fsp3) is 0.316. The van der Waals surface area contributed by atoms with Crippen molar-refractivity contribution in [2.24, 2.45) is 0 Å². The molecule has 0 saturated carbocycles. The Balaban J connectivity index is 2.61. The van der Waals surface area contributed by atoms with Crippen molar-refractivity contribution in [2.45, 2.75) is 23.9 Å². The van der Waals surface area contributed by atoms with E-state index >= 15 is 0 Å². The highest BCUT2D eigenvalue weighted by molar-refractivity contribution is 7.98. The third-order valence-electron chi connectivity index (χ3n) is 4.25. The lowest BCUT2D eigenvalue weighted by molar-refractivity contribution is -0.387. The number of carbonyl (C=O) groups excluding carboxylic acids is 1. The monoisotopic (exact) mass is 438 g/mol. The van der Waals surface area contributed by atoms with E-state index in [1.807, 2.05) is 6.26 Å². The molecule has 0 N–H and O–H groups in total. The summed E-state index contributed by atoms with van der Waals surface area (Å²) < 4.78 is 32.8. The van der Waals surface area contributed by atoms with Gasteiger partial charge in [0.1, 0.15) is 6.04 Å². The molecule has 2 rings (SSSR count). The van der Waals surface area contributed by atoms with Crippen LogP contribution in [-0.4, -0.2) is 48.8 Å². The summed E-state index contributed by atoms with van der Waals surface area (Å²) in [6.45, 7) is -0.122. The van der Waals surface area contributed by atoms with Crippen molar-refractivity contribution in [1.82, 2.24) is 4.31 Å². The molecule has 2 aromatic carbocycles. The second-order valence-electron chi connectivity index (χ2n) is 6.08. The van der Waals surface area contributed by atoms with Crippen LogP contribution in [0.15, 0.2) is 59.5 Å². The summed E-state index contributed by atoms with van der Waals surface area (Å²) in [4.78, 5) is 22.7. The van der Waals surface area contributed by atoms with Gasteiger partial charge in [0.2, 0.25) is 0 Å². The van der Waals surface area contributed by atoms with E-state index in [1.54, 1.807) is 30.3 Å². The molecule has 0 amide bonds. The predicted octanol–water partition coefficient (Wildman–Crippen LogP) is 3.08. The van der Waals surface area contributed by atoms with Gasteiger partial charge in [0.25, 0.3) is 15.7 Å². The average molecular weight is 439 g/mol. The van der Waals surface area contributed by atoms with Crippen LogP contribution in [0.25, 0.3) is 0 Å². The van der Waals surface area contributed by atoms with E-state index in [-0.39, 0.29) is 13.0 Å². The molecule has 8 nitrogen and oxygen atoms in total. The van der Waals surface area contributed by atoms with Gasteiger partial charge < -0.3 is 4.74 Å². The molecular formula is C19H22N2O6S2. The maximum Gasteiger partial charge on any atom is 0.324 e. The number of hydrogen-bond acceptors (Lipinski definition) is 7. The minimum Gasteiger partial charge on any atom is -0.468 e. The number of benzene rings is 2. The first-order valence-corrected chi connectivity index (χ1v) is 11.5. The smallest absolute Gasteiger partial charge is 0.324 e. The van der Waals surface area contributed by atoms with Gasteiger partial charge in [0.05, 0.1) is 12.0 Å². The molecule has 0 spiro atoms. The van der Waals surface area contributed by atoms with Gasteiger partial charge in [-0.05, 0) is 30.1 Å². The Kier molecular flexibility index (Phi) is 8.18. The molecule has 0 aliphatic heterocycles. The van der Waals surface area contributed by atoms with Crippen molar-refractivity contribution >= 4 is 33.4 Å². The summed E-state index contributed by atoms with van der Waals surface area (Å²) in [5, 5.41) is 11.4. The van der Waals surface area contributed by atoms with E-state index in [9.17, 15) is 23.3 Å². The van der Waals surface area contributed by atoms with Crippen molar-refractivity contribution in [3.63, 3.8) is 0 Å². The molecule has 0 saturated heterocycles. The molecule has 0 aliphatic carbocycles. The van der Waals surface area contributed by atoms with Crippen LogP contribution in [-0.2, 0) is 26.1 Å². The Hall–Kier alpha value is -2.43. The highest BCUT2D eigenvalue weighted by atomic mass is 32.2. The number of nitro groups is 1. The number of rotatable bonds is 10. The van der Waals surface area contributed by atoms with Crippen LogP contribution in [0, 0.1) is 10.1 Å². The maximum absolute atomic E-state index is 13.5. The maximum atomic E-state index is 13.5. The fourth-order valence-electron chi connectivity index (χ4n) is 2.82. The number of ether oxygens (including phenoxy) is 1. The summed E-state index contributed by atoms with van der Waals surface area (Å²) in [6.07, 6.45) is 2.05. The molecule has 10 heteroatoms. The molecular weight excluding hydrogens is 416 g/mol. The van der Waals surface area contributed by atoms with E-state index in [2.05, 4.69) is 0 Å². The molecule has 2 aromatic rings. The number of hydrogen-bond donors (Lipinski definition) is 0. The van der Waals surface area contributed by atoms with Crippen LogP contribution in [0.3, 0.4) is 0 Å². The standard InChI is InChI=1S/C19H22N2O6S2/c1-27-19(22)17(12-13-28-2)20(14-15-8-4-3-5-9-15)29(25,26)18-11-7-6-10-16(18)21(23)24/h3-11,17H,12-14H2,1-2H3/t17-/m0/s1. The van der Waals surface area contributed by atoms with Crippen molar-refractivity contribution < 1.29 is 22.9 Å². The number of nitro benzene ring substituents is 1. The Morgan fingerprint density at radius 3 is 2.38 bits per heavy atom. The quantitative estimate of drug-likeness (QED) is 0.319. The molecule has 0 bridgehead atoms. The molecule has 29 heavy (non-hydrogen) atoms. The first kappa shape index (κ1) is 22.9. The SMILES string of the molecule is COC(=O)[C@H](CCSC)N(Cc1ccccc1)S(=O)(=O)c1ccccc1[N+](=O)[O-]. The number of carbonyl (C=O) groups is 1. The van der Waals surface area contributed by atoms with Gasteiger partial charge >= 0.3 is 5.97 Å². The Labute approximate surface area is 174 Å². The van der Waals surface area contributed by atoms with Crippen LogP contribution in [0.4, 0.5) is 5.69 Å². The van der Waals surface area contributed by atoms with Crippen molar-refractivity contribution in [2.75, 3.05) is 19.1 Å². The number of sulfonamides is 1. The van der Waals surface area contributed by atoms with Gasteiger partial charge in [-0.1, -0.05) is 42.5 Å². The van der Waals surface area contributed by atoms with Crippen molar-refractivity contribution in [3.05, 3.63) is 70.3 Å². The molecule has 0 heterocycles. The number of esters is 1. The zero-order valence-corrected chi connectivity index (χ0v) is 17.7. The first-order chi connectivity index (χ1) is 13.8. The van der Waals surface area contributed by atoms with E-state index in [0.29, 0.717) is 11.3 Å². The molecule has 156 valence electrons. The average Bonchev–Trinajstić information content (AvgIpc) is 2.73. The second kappa shape index (κ2) is 10.4. The number of para-hydroxylation sites is 1. The van der Waals surface area contributed by atoms with Gasteiger partial charge in [0.15, 0.2) is 4.90 Å². The number of thioether (sulfide) groups is 1. The third-order valence-corrected chi connectivity index (χ3v) is 6.79. The normalized spacial score (nSPS) is 12.5. The van der Waals surface area contributed by atoms with Crippen molar-refractivity contribution in [3.8, 4) is 0 Å². The van der Waals surface area contributed by atoms with Gasteiger partial charge in [-0.2, -0.15) is 16.1 Å². The topological polar surface area (TPSA) is 107 Å². The first-order valence-electron chi connectivity index (χ1n) is 8.69. The molecule has 0 fully saturated rings. The summed E-state index contributed by atoms with van der Waals surface area (Å²) in [5.74, 6) is -0.200. The van der Waals surface area contributed by atoms with Crippen molar-refractivity contribution in [1.29, 1.82) is 0 Å². The fourth-order valence-corrected chi connectivity index (χ4v) is 5.04. The van der Waals surface area contributed by atoms with Gasteiger partial charge in [0, 0.05) is 12.6 Å². The van der Waals surface area contributed by atoms with E-state index < -0.39 is 37.5 Å². The highest BCUT2D eigenvalue weighted by Gasteiger charge is 2.39. The summed E-state index contributed by atoms with van der Waals surface area (Å²) in [5.41, 5.74) is 0.103. The molecule has 1 atom stereocenters. The van der Waals surface area contributed by atoms with Gasteiger partial charge in [-0.15, -0.1) is 0 Å². The van der Waals surface area contributed by atoms with E-state index in [0.717, 1.165) is 10.4 Å². The summed E-state index contributed by atoms with van der Waals surface area (Å²) in [6, 6.07) is 12.7. The Morgan fingerprint density at radius 1 is 1.17 bits per heavy atom. The zero-order valence-electron chi connectivity index (χ0n) is 16.1. The lowest BCUT2D eigenvalue weighted by Gasteiger charge is -2.29. The number of methoxy groups -OCH3 is 1. The Morgan fingerprint density at radius 2 is 1.79 bits per heavy atom. The van der Waals surface area contributed by atoms with Crippen LogP contribution in [0.2, 0.25) is 0 Å². The Bertz CT molecular complexity index is 950. The van der Waals surface area contributed by atoms with Crippen LogP contribution in [0.1, 0.15) is 12.0 Å². The minimum absolute atomic E-state index is 0.122. The summed E-state index contributed by atoms with van der Waals surface area (Å²) in [7, 11) is -3.19. The predicted molar refractivity (Wildman–Crippen MR) is 111 cm³/mol. The van der Waals surface area contributed by atoms with Gasteiger partial charge in [-0.3, -0.25) is 14.9 Å². The lowest BCUT2D eigenvalue weighted by Crippen LogP contribution is -2.45. The molecule has 0 aliphatic rings. The highest BCUT2D eigenvalue weighted by Crippen LogP contribution is 2.30. The number of nitrogens with zero attached hydrogens (tertiary/aromatic N) is 2. The van der Waals surface area contributed by atoms with Gasteiger partial charge in [-0.25, -0.2) is 8.42 Å². The zero-order chi connectivity index (χ0) is 21.4. The second-order valence-corrected chi connectivity index (χ2v) is 8.93. The molecule has 0 radical (unpaired) electrons. The van der Waals surface area contributed by atoms with Crippen LogP contribution in [0.5, 0.6) is 0 Å². The van der Waals surface area contributed by atoms with Crippen LogP contribution < -0.4 is 0 Å².